The van der Waals surface area contributed by atoms with Gasteiger partial charge in [0.15, 0.2) is 12.4 Å². The van der Waals surface area contributed by atoms with Crippen LogP contribution in [-0.2, 0) is 9.59 Å². The van der Waals surface area contributed by atoms with Crippen LogP contribution >= 0.6 is 0 Å². The summed E-state index contributed by atoms with van der Waals surface area (Å²) in [6.07, 6.45) is 1.53. The molecule has 4 rings (SSSR count). The molecule has 0 spiro atoms. The Bertz CT molecular complexity index is 1350. The van der Waals surface area contributed by atoms with Crippen molar-refractivity contribution >= 4 is 28.6 Å². The molecule has 0 saturated carbocycles. The summed E-state index contributed by atoms with van der Waals surface area (Å²) in [5.41, 5.74) is 6.28. The average molecular weight is 487 g/mol. The van der Waals surface area contributed by atoms with Gasteiger partial charge in [-0.2, -0.15) is 0 Å². The van der Waals surface area contributed by atoms with E-state index in [1.807, 2.05) is 12.1 Å². The van der Waals surface area contributed by atoms with E-state index in [1.54, 1.807) is 74.5 Å². The highest BCUT2D eigenvalue weighted by atomic mass is 16.5. The Morgan fingerprint density at radius 1 is 0.944 bits per heavy atom. The molecular formula is C27H26N4O5. The van der Waals surface area contributed by atoms with E-state index in [-0.39, 0.29) is 12.5 Å². The number of nitrogens with one attached hydrogen (secondary N) is 3. The fourth-order valence-electron chi connectivity index (χ4n) is 3.59. The first-order valence-corrected chi connectivity index (χ1v) is 11.4. The van der Waals surface area contributed by atoms with Crippen molar-refractivity contribution in [1.29, 1.82) is 0 Å². The largest absolute Gasteiger partial charge is 0.484 e. The molecule has 2 heterocycles. The minimum absolute atomic E-state index is 0.241. The number of amides is 3. The molecular weight excluding hydrogens is 460 g/mol. The molecule has 184 valence electrons. The number of carbonyl (C=O) groups is 3. The highest BCUT2D eigenvalue weighted by Gasteiger charge is 2.25. The molecule has 36 heavy (non-hydrogen) atoms. The maximum absolute atomic E-state index is 13.1. The van der Waals surface area contributed by atoms with Crippen LogP contribution in [0.4, 0.5) is 0 Å². The summed E-state index contributed by atoms with van der Waals surface area (Å²) >= 11 is 0. The average Bonchev–Trinajstić information content (AvgIpc) is 3.44. The molecule has 0 saturated heterocycles. The normalized spacial score (nSPS) is 11.6. The lowest BCUT2D eigenvalue weighted by atomic mass is 10.0. The second-order valence-corrected chi connectivity index (χ2v) is 8.38. The number of pyridine rings is 1. The second-order valence-electron chi connectivity index (χ2n) is 8.38. The van der Waals surface area contributed by atoms with Crippen molar-refractivity contribution in [3.05, 3.63) is 84.6 Å². The van der Waals surface area contributed by atoms with E-state index >= 15 is 0 Å². The van der Waals surface area contributed by atoms with Crippen molar-refractivity contribution in [2.24, 2.45) is 5.92 Å². The van der Waals surface area contributed by atoms with Gasteiger partial charge in [0.05, 0.1) is 17.3 Å². The minimum atomic E-state index is -0.884. The highest BCUT2D eigenvalue weighted by Crippen LogP contribution is 2.25. The number of ether oxygens (including phenoxy) is 1. The first-order chi connectivity index (χ1) is 17.4. The van der Waals surface area contributed by atoms with Gasteiger partial charge in [0, 0.05) is 5.39 Å². The summed E-state index contributed by atoms with van der Waals surface area (Å²) in [5, 5.41) is 3.27. The second kappa shape index (κ2) is 11.2. The van der Waals surface area contributed by atoms with E-state index in [0.29, 0.717) is 33.7 Å². The molecule has 9 nitrogen and oxygen atoms in total. The molecule has 0 aliphatic heterocycles. The van der Waals surface area contributed by atoms with Crippen LogP contribution in [0, 0.1) is 5.92 Å². The zero-order valence-electron chi connectivity index (χ0n) is 19.9. The molecule has 4 aromatic rings. The SMILES string of the molecule is CC(C)[C@H](NC(=O)COc1ccccc1)C(=O)NNC(=O)c1cc(-c2ccco2)nc2ccccc12. The van der Waals surface area contributed by atoms with Crippen molar-refractivity contribution < 1.29 is 23.5 Å². The zero-order valence-corrected chi connectivity index (χ0v) is 19.9. The lowest BCUT2D eigenvalue weighted by molar-refractivity contribution is -0.131. The van der Waals surface area contributed by atoms with Crippen LogP contribution in [0.25, 0.3) is 22.4 Å². The maximum Gasteiger partial charge on any atom is 0.270 e. The monoisotopic (exact) mass is 486 g/mol. The summed E-state index contributed by atoms with van der Waals surface area (Å²) in [7, 11) is 0. The zero-order chi connectivity index (χ0) is 25.5. The molecule has 0 aliphatic carbocycles. The van der Waals surface area contributed by atoms with E-state index in [2.05, 4.69) is 21.2 Å². The van der Waals surface area contributed by atoms with Crippen molar-refractivity contribution in [2.75, 3.05) is 6.61 Å². The van der Waals surface area contributed by atoms with Crippen molar-refractivity contribution in [3.8, 4) is 17.2 Å². The van der Waals surface area contributed by atoms with Crippen LogP contribution in [-0.4, -0.2) is 35.4 Å². The van der Waals surface area contributed by atoms with Crippen molar-refractivity contribution in [1.82, 2.24) is 21.2 Å². The Hall–Kier alpha value is -4.66. The molecule has 9 heteroatoms. The number of hydrogen-bond acceptors (Lipinski definition) is 6. The molecule has 1 atom stereocenters. The van der Waals surface area contributed by atoms with Gasteiger partial charge >= 0.3 is 0 Å². The number of para-hydroxylation sites is 2. The topological polar surface area (TPSA) is 123 Å². The Labute approximate surface area is 207 Å². The Morgan fingerprint density at radius 2 is 1.69 bits per heavy atom. The third-order valence-electron chi connectivity index (χ3n) is 5.41. The first-order valence-electron chi connectivity index (χ1n) is 11.4. The summed E-state index contributed by atoms with van der Waals surface area (Å²) in [5.74, 6) is -0.729. The predicted octanol–water partition coefficient (Wildman–Crippen LogP) is 3.48. The predicted molar refractivity (Wildman–Crippen MR) is 134 cm³/mol. The number of hydrazine groups is 1. The number of carbonyl (C=O) groups excluding carboxylic acids is 3. The van der Waals surface area contributed by atoms with Crippen LogP contribution in [0.3, 0.4) is 0 Å². The number of furan rings is 1. The number of aromatic nitrogens is 1. The van der Waals surface area contributed by atoms with E-state index in [9.17, 15) is 14.4 Å². The minimum Gasteiger partial charge on any atom is -0.484 e. The van der Waals surface area contributed by atoms with Gasteiger partial charge in [-0.25, -0.2) is 4.98 Å². The first kappa shape index (κ1) is 24.5. The van der Waals surface area contributed by atoms with E-state index < -0.39 is 23.8 Å². The molecule has 0 bridgehead atoms. The lowest BCUT2D eigenvalue weighted by Crippen LogP contribution is -2.55. The van der Waals surface area contributed by atoms with Gasteiger partial charge in [0.2, 0.25) is 0 Å². The molecule has 3 amide bonds. The number of benzene rings is 2. The fourth-order valence-corrected chi connectivity index (χ4v) is 3.59. The quantitative estimate of drug-likeness (QED) is 0.328. The molecule has 0 radical (unpaired) electrons. The maximum atomic E-state index is 13.1. The molecule has 0 aliphatic rings. The molecule has 0 fully saturated rings. The van der Waals surface area contributed by atoms with Crippen LogP contribution in [0.2, 0.25) is 0 Å². The molecule has 0 unspecified atom stereocenters. The Balaban J connectivity index is 1.42. The highest BCUT2D eigenvalue weighted by molar-refractivity contribution is 6.07. The Morgan fingerprint density at radius 3 is 2.42 bits per heavy atom. The molecule has 2 aromatic carbocycles. The van der Waals surface area contributed by atoms with Gasteiger partial charge in [0.1, 0.15) is 17.5 Å². The van der Waals surface area contributed by atoms with Gasteiger partial charge in [0.25, 0.3) is 17.7 Å². The lowest BCUT2D eigenvalue weighted by Gasteiger charge is -2.22. The Kier molecular flexibility index (Phi) is 7.60. The number of hydrogen-bond donors (Lipinski definition) is 3. The molecule has 3 N–H and O–H groups in total. The third-order valence-corrected chi connectivity index (χ3v) is 5.41. The van der Waals surface area contributed by atoms with E-state index in [1.165, 1.54) is 6.26 Å². The third kappa shape index (κ3) is 5.87. The van der Waals surface area contributed by atoms with Crippen LogP contribution in [0.1, 0.15) is 24.2 Å². The molecule has 2 aromatic heterocycles. The van der Waals surface area contributed by atoms with Crippen molar-refractivity contribution in [2.45, 2.75) is 19.9 Å². The van der Waals surface area contributed by atoms with Gasteiger partial charge < -0.3 is 14.5 Å². The van der Waals surface area contributed by atoms with Crippen LogP contribution in [0.15, 0.2) is 83.5 Å². The van der Waals surface area contributed by atoms with E-state index in [4.69, 9.17) is 9.15 Å². The van der Waals surface area contributed by atoms with Crippen LogP contribution in [0.5, 0.6) is 5.75 Å². The van der Waals surface area contributed by atoms with E-state index in [0.717, 1.165) is 0 Å². The smallest absolute Gasteiger partial charge is 0.270 e. The van der Waals surface area contributed by atoms with Gasteiger partial charge in [-0.1, -0.05) is 50.2 Å². The summed E-state index contributed by atoms with van der Waals surface area (Å²) < 4.78 is 10.9. The summed E-state index contributed by atoms with van der Waals surface area (Å²) in [6, 6.07) is 20.3. The number of fused-ring (bicyclic) bond motifs is 1. The van der Waals surface area contributed by atoms with Crippen LogP contribution < -0.4 is 20.9 Å². The van der Waals surface area contributed by atoms with Crippen molar-refractivity contribution in [3.63, 3.8) is 0 Å². The number of rotatable bonds is 8. The summed E-state index contributed by atoms with van der Waals surface area (Å²) in [4.78, 5) is 42.8. The van der Waals surface area contributed by atoms with Gasteiger partial charge in [-0.3, -0.25) is 25.2 Å². The summed E-state index contributed by atoms with van der Waals surface area (Å²) in [6.45, 7) is 3.33. The number of nitrogens with zero attached hydrogens (tertiary/aromatic N) is 1. The standard InChI is InChI=1S/C27H26N4O5/c1-17(2)25(29-24(32)16-36-18-9-4-3-5-10-18)27(34)31-30-26(33)20-15-22(23-13-8-14-35-23)28-21-12-7-6-11-19(20)21/h3-15,17,25H,16H2,1-2H3,(H,29,32)(H,30,33)(H,31,34)/t25-/m0/s1. The van der Waals surface area contributed by atoms with Gasteiger partial charge in [-0.15, -0.1) is 0 Å². The van der Waals surface area contributed by atoms with Gasteiger partial charge in [-0.05, 0) is 42.3 Å². The fraction of sp³-hybridized carbons (Fsp3) is 0.185.